The Bertz CT molecular complexity index is 592. The van der Waals surface area contributed by atoms with E-state index < -0.39 is 0 Å². The van der Waals surface area contributed by atoms with E-state index in [0.717, 1.165) is 15.1 Å². The number of hydrogen-bond acceptors (Lipinski definition) is 4. The Morgan fingerprint density at radius 2 is 2.05 bits per heavy atom. The average molecular weight is 338 g/mol. The Morgan fingerprint density at radius 3 is 2.79 bits per heavy atom. The third-order valence-corrected chi connectivity index (χ3v) is 4.44. The summed E-state index contributed by atoms with van der Waals surface area (Å²) in [6.45, 7) is 0. The van der Waals surface area contributed by atoms with E-state index in [9.17, 15) is 4.79 Å². The third-order valence-electron chi connectivity index (χ3n) is 2.38. The molecular weight excluding hydrogens is 326 g/mol. The number of hydrogen-bond donors (Lipinski definition) is 2. The van der Waals surface area contributed by atoms with Crippen LogP contribution in [0, 0.1) is 0 Å². The van der Waals surface area contributed by atoms with E-state index in [-0.39, 0.29) is 5.91 Å². The second-order valence-electron chi connectivity index (χ2n) is 3.71. The van der Waals surface area contributed by atoms with E-state index in [1.807, 2.05) is 30.3 Å². The molecule has 0 saturated heterocycles. The molecule has 0 radical (unpaired) electrons. The quantitative estimate of drug-likeness (QED) is 0.389. The number of thioether (sulfide) groups is 1. The monoisotopic (exact) mass is 337 g/mol. The molecule has 98 valence electrons. The van der Waals surface area contributed by atoms with Gasteiger partial charge in [0.15, 0.2) is 0 Å². The summed E-state index contributed by atoms with van der Waals surface area (Å²) in [4.78, 5) is 16.8. The zero-order chi connectivity index (χ0) is 13.7. The van der Waals surface area contributed by atoms with Gasteiger partial charge in [0.1, 0.15) is 5.69 Å². The molecule has 1 aromatic carbocycles. The van der Waals surface area contributed by atoms with Crippen LogP contribution < -0.4 is 11.3 Å². The van der Waals surface area contributed by atoms with Gasteiger partial charge in [-0.25, -0.2) is 10.8 Å². The van der Waals surface area contributed by atoms with Crippen molar-refractivity contribution in [2.24, 2.45) is 5.84 Å². The van der Waals surface area contributed by atoms with Crippen molar-refractivity contribution in [3.05, 3.63) is 58.3 Å². The SMILES string of the molecule is NNC(=O)c1cccc(CSc2ccccc2Br)n1. The van der Waals surface area contributed by atoms with Gasteiger partial charge in [-0.15, -0.1) is 11.8 Å². The summed E-state index contributed by atoms with van der Waals surface area (Å²) in [7, 11) is 0. The maximum absolute atomic E-state index is 11.4. The van der Waals surface area contributed by atoms with E-state index >= 15 is 0 Å². The molecule has 0 fully saturated rings. The highest BCUT2D eigenvalue weighted by atomic mass is 79.9. The molecule has 0 unspecified atom stereocenters. The minimum Gasteiger partial charge on any atom is -0.289 e. The van der Waals surface area contributed by atoms with Crippen LogP contribution >= 0.6 is 27.7 Å². The minimum absolute atomic E-state index is 0.327. The first-order valence-corrected chi connectivity index (χ1v) is 7.33. The van der Waals surface area contributed by atoms with Crippen LogP contribution in [0.4, 0.5) is 0 Å². The van der Waals surface area contributed by atoms with Gasteiger partial charge in [-0.3, -0.25) is 10.2 Å². The number of hydrazine groups is 1. The van der Waals surface area contributed by atoms with Gasteiger partial charge >= 0.3 is 0 Å². The van der Waals surface area contributed by atoms with Gasteiger partial charge < -0.3 is 0 Å². The number of carbonyl (C=O) groups is 1. The molecule has 2 rings (SSSR count). The summed E-state index contributed by atoms with van der Waals surface area (Å²) >= 11 is 5.15. The molecule has 0 spiro atoms. The van der Waals surface area contributed by atoms with Gasteiger partial charge in [0.25, 0.3) is 5.91 Å². The molecule has 1 amide bonds. The third kappa shape index (κ3) is 3.79. The van der Waals surface area contributed by atoms with Crippen molar-refractivity contribution in [2.45, 2.75) is 10.6 Å². The van der Waals surface area contributed by atoms with Crippen molar-refractivity contribution in [1.82, 2.24) is 10.4 Å². The van der Waals surface area contributed by atoms with Gasteiger partial charge in [0.2, 0.25) is 0 Å². The molecule has 0 saturated carbocycles. The Hall–Kier alpha value is -1.37. The highest BCUT2D eigenvalue weighted by molar-refractivity contribution is 9.10. The van der Waals surface area contributed by atoms with Crippen LogP contribution in [-0.4, -0.2) is 10.9 Å². The highest BCUT2D eigenvalue weighted by Crippen LogP contribution is 2.29. The normalized spacial score (nSPS) is 10.2. The number of pyridine rings is 1. The number of nitrogen functional groups attached to an aromatic ring is 1. The standard InChI is InChI=1S/C13H12BrN3OS/c14-10-5-1-2-7-12(10)19-8-9-4-3-6-11(16-9)13(18)17-15/h1-7H,8,15H2,(H,17,18). The van der Waals surface area contributed by atoms with Crippen molar-refractivity contribution >= 4 is 33.6 Å². The number of rotatable bonds is 4. The van der Waals surface area contributed by atoms with E-state index in [1.165, 1.54) is 0 Å². The molecule has 3 N–H and O–H groups in total. The number of aromatic nitrogens is 1. The van der Waals surface area contributed by atoms with Crippen LogP contribution in [0.5, 0.6) is 0 Å². The zero-order valence-corrected chi connectivity index (χ0v) is 12.4. The first-order chi connectivity index (χ1) is 9.20. The number of nitrogens with zero attached hydrogens (tertiary/aromatic N) is 1. The van der Waals surface area contributed by atoms with Crippen LogP contribution in [-0.2, 0) is 5.75 Å². The molecule has 2 aromatic rings. The van der Waals surface area contributed by atoms with E-state index in [4.69, 9.17) is 5.84 Å². The molecule has 0 aliphatic carbocycles. The van der Waals surface area contributed by atoms with Gasteiger partial charge in [-0.1, -0.05) is 18.2 Å². The molecule has 0 bridgehead atoms. The highest BCUT2D eigenvalue weighted by Gasteiger charge is 2.06. The van der Waals surface area contributed by atoms with Crippen molar-refractivity contribution < 1.29 is 4.79 Å². The Kier molecular flexibility index (Phi) is 4.95. The lowest BCUT2D eigenvalue weighted by Crippen LogP contribution is -2.30. The number of carbonyl (C=O) groups excluding carboxylic acids is 1. The Labute approximate surface area is 123 Å². The van der Waals surface area contributed by atoms with E-state index in [1.54, 1.807) is 23.9 Å². The van der Waals surface area contributed by atoms with Crippen molar-refractivity contribution in [3.63, 3.8) is 0 Å². The van der Waals surface area contributed by atoms with Crippen molar-refractivity contribution in [1.29, 1.82) is 0 Å². The first kappa shape index (κ1) is 14.0. The average Bonchev–Trinajstić information content (AvgIpc) is 2.46. The molecule has 4 nitrogen and oxygen atoms in total. The molecule has 0 atom stereocenters. The molecule has 19 heavy (non-hydrogen) atoms. The van der Waals surface area contributed by atoms with E-state index in [0.29, 0.717) is 11.4 Å². The van der Waals surface area contributed by atoms with Crippen molar-refractivity contribution in [3.8, 4) is 0 Å². The molecule has 6 heteroatoms. The topological polar surface area (TPSA) is 68.0 Å². The smallest absolute Gasteiger partial charge is 0.283 e. The second-order valence-corrected chi connectivity index (χ2v) is 5.58. The zero-order valence-electron chi connectivity index (χ0n) is 9.97. The fraction of sp³-hybridized carbons (Fsp3) is 0.0769. The molecule has 0 aliphatic rings. The lowest BCUT2D eigenvalue weighted by molar-refractivity contribution is 0.0948. The predicted octanol–water partition coefficient (Wildman–Crippen LogP) is 2.74. The van der Waals surface area contributed by atoms with Gasteiger partial charge in [0.05, 0.1) is 5.69 Å². The second kappa shape index (κ2) is 6.70. The Morgan fingerprint density at radius 1 is 1.26 bits per heavy atom. The number of amides is 1. The summed E-state index contributed by atoms with van der Waals surface area (Å²) in [5.74, 6) is 5.40. The minimum atomic E-state index is -0.382. The predicted molar refractivity (Wildman–Crippen MR) is 79.6 cm³/mol. The van der Waals surface area contributed by atoms with Crippen LogP contribution in [0.25, 0.3) is 0 Å². The molecular formula is C13H12BrN3OS. The lowest BCUT2D eigenvalue weighted by Gasteiger charge is -2.05. The van der Waals surface area contributed by atoms with Crippen LogP contribution in [0.15, 0.2) is 51.8 Å². The fourth-order valence-electron chi connectivity index (χ4n) is 1.47. The van der Waals surface area contributed by atoms with Crippen molar-refractivity contribution in [2.75, 3.05) is 0 Å². The number of nitrogens with one attached hydrogen (secondary N) is 1. The summed E-state index contributed by atoms with van der Waals surface area (Å²) in [5, 5.41) is 0. The Balaban J connectivity index is 2.08. The summed E-state index contributed by atoms with van der Waals surface area (Å²) in [6, 6.07) is 13.3. The van der Waals surface area contributed by atoms with Crippen LogP contribution in [0.1, 0.15) is 16.2 Å². The number of benzene rings is 1. The largest absolute Gasteiger partial charge is 0.289 e. The maximum atomic E-state index is 11.4. The van der Waals surface area contributed by atoms with Gasteiger partial charge in [-0.2, -0.15) is 0 Å². The summed E-state index contributed by atoms with van der Waals surface area (Å²) < 4.78 is 1.05. The first-order valence-electron chi connectivity index (χ1n) is 5.55. The molecule has 0 aliphatic heterocycles. The molecule has 1 aromatic heterocycles. The van der Waals surface area contributed by atoms with Crippen LogP contribution in [0.2, 0.25) is 0 Å². The molecule has 1 heterocycles. The van der Waals surface area contributed by atoms with Gasteiger partial charge in [0, 0.05) is 15.1 Å². The van der Waals surface area contributed by atoms with E-state index in [2.05, 4.69) is 26.3 Å². The lowest BCUT2D eigenvalue weighted by atomic mass is 10.3. The summed E-state index contributed by atoms with van der Waals surface area (Å²) in [6.07, 6.45) is 0. The fourth-order valence-corrected chi connectivity index (χ4v) is 2.95. The van der Waals surface area contributed by atoms with Gasteiger partial charge in [-0.05, 0) is 40.2 Å². The van der Waals surface area contributed by atoms with Crippen LogP contribution in [0.3, 0.4) is 0 Å². The number of nitrogens with two attached hydrogens (primary N) is 1. The maximum Gasteiger partial charge on any atom is 0.283 e. The summed E-state index contributed by atoms with van der Waals surface area (Å²) in [5.41, 5.74) is 3.24. The number of halogens is 1.